The highest BCUT2D eigenvalue weighted by Gasteiger charge is 2.34. The Labute approximate surface area is 138 Å². The second-order valence-electron chi connectivity index (χ2n) is 5.15. The van der Waals surface area contributed by atoms with Crippen LogP contribution >= 0.6 is 0 Å². The van der Waals surface area contributed by atoms with Gasteiger partial charge in [0.1, 0.15) is 5.84 Å². The summed E-state index contributed by atoms with van der Waals surface area (Å²) in [6.45, 7) is 1.73. The molecule has 120 valence electrons. The molecule has 0 aromatic heterocycles. The Kier molecular flexibility index (Phi) is 4.15. The number of anilines is 1. The van der Waals surface area contributed by atoms with Crippen molar-refractivity contribution in [1.29, 1.82) is 0 Å². The molecule has 2 aromatic rings. The van der Waals surface area contributed by atoms with Gasteiger partial charge in [-0.3, -0.25) is 9.69 Å². The second-order valence-corrected chi connectivity index (χ2v) is 5.15. The van der Waals surface area contributed by atoms with Crippen LogP contribution in [0.4, 0.5) is 11.4 Å². The molecule has 0 saturated carbocycles. The average Bonchev–Trinajstić information content (AvgIpc) is 2.87. The minimum absolute atomic E-state index is 0.108. The van der Waals surface area contributed by atoms with E-state index in [9.17, 15) is 9.59 Å². The van der Waals surface area contributed by atoms with Gasteiger partial charge >= 0.3 is 5.97 Å². The summed E-state index contributed by atoms with van der Waals surface area (Å²) < 4.78 is 0. The lowest BCUT2D eigenvalue weighted by Gasteiger charge is -2.21. The zero-order valence-electron chi connectivity index (χ0n) is 12.8. The van der Waals surface area contributed by atoms with Gasteiger partial charge in [0.15, 0.2) is 0 Å². The predicted molar refractivity (Wildman–Crippen MR) is 88.7 cm³/mol. The van der Waals surface area contributed by atoms with Crippen molar-refractivity contribution in [2.75, 3.05) is 4.90 Å². The number of aromatic carboxylic acids is 1. The van der Waals surface area contributed by atoms with Crippen LogP contribution in [0.25, 0.3) is 0 Å². The van der Waals surface area contributed by atoms with Crippen molar-refractivity contribution in [2.24, 2.45) is 15.2 Å². The Hall–Kier alpha value is -3.35. The number of amidine groups is 1. The molecule has 0 fully saturated rings. The highest BCUT2D eigenvalue weighted by atomic mass is 16.4. The lowest BCUT2D eigenvalue weighted by Crippen LogP contribution is -2.35. The number of carboxylic acids is 1. The number of carboxylic acid groups (broad SMARTS) is 1. The van der Waals surface area contributed by atoms with Gasteiger partial charge in [0.2, 0.25) is 6.17 Å². The number of carbonyl (C=O) groups is 2. The fraction of sp³-hybridized carbons (Fsp3) is 0.118. The van der Waals surface area contributed by atoms with E-state index in [2.05, 4.69) is 15.2 Å². The van der Waals surface area contributed by atoms with Crippen molar-refractivity contribution < 1.29 is 14.7 Å². The number of hydrogen-bond acceptors (Lipinski definition) is 5. The molecular formula is C17H14N4O3. The topological polar surface area (TPSA) is 94.7 Å². The van der Waals surface area contributed by atoms with Crippen LogP contribution in [-0.4, -0.2) is 29.0 Å². The van der Waals surface area contributed by atoms with E-state index in [0.29, 0.717) is 11.5 Å². The van der Waals surface area contributed by atoms with Crippen LogP contribution in [0.1, 0.15) is 17.3 Å². The second kappa shape index (κ2) is 6.41. The quantitative estimate of drug-likeness (QED) is 0.874. The Morgan fingerprint density at radius 1 is 1.17 bits per heavy atom. The van der Waals surface area contributed by atoms with E-state index >= 15 is 0 Å². The molecular weight excluding hydrogens is 308 g/mol. The molecule has 7 nitrogen and oxygen atoms in total. The number of rotatable bonds is 4. The number of benzene rings is 2. The van der Waals surface area contributed by atoms with Gasteiger partial charge in [-0.1, -0.05) is 24.3 Å². The first kappa shape index (κ1) is 15.5. The van der Waals surface area contributed by atoms with Gasteiger partial charge in [-0.25, -0.2) is 4.79 Å². The predicted octanol–water partition coefficient (Wildman–Crippen LogP) is 3.26. The third-order valence-electron chi connectivity index (χ3n) is 3.50. The van der Waals surface area contributed by atoms with Crippen LogP contribution in [0.5, 0.6) is 0 Å². The summed E-state index contributed by atoms with van der Waals surface area (Å²) in [5, 5.41) is 17.1. The number of aliphatic imine (C=N–C) groups is 1. The lowest BCUT2D eigenvalue weighted by molar-refractivity contribution is -0.118. The highest BCUT2D eigenvalue weighted by molar-refractivity contribution is 6.13. The van der Waals surface area contributed by atoms with Crippen molar-refractivity contribution >= 4 is 29.1 Å². The van der Waals surface area contributed by atoms with Crippen molar-refractivity contribution in [2.45, 2.75) is 13.1 Å². The van der Waals surface area contributed by atoms with Crippen LogP contribution in [0.15, 0.2) is 69.8 Å². The van der Waals surface area contributed by atoms with E-state index in [0.717, 1.165) is 5.69 Å². The molecule has 1 amide bonds. The molecule has 0 bridgehead atoms. The molecule has 2 aromatic carbocycles. The largest absolute Gasteiger partial charge is 0.478 e. The monoisotopic (exact) mass is 322 g/mol. The SMILES string of the molecule is CC1=NC(=O)C(N=Nc2cccc(C(=O)O)c2)N1c1ccccc1. The molecule has 0 spiro atoms. The minimum Gasteiger partial charge on any atom is -0.478 e. The maximum Gasteiger partial charge on any atom is 0.335 e. The Bertz CT molecular complexity index is 846. The molecule has 7 heteroatoms. The van der Waals surface area contributed by atoms with E-state index in [1.54, 1.807) is 24.0 Å². The zero-order valence-corrected chi connectivity index (χ0v) is 12.8. The number of azo groups is 1. The van der Waals surface area contributed by atoms with Crippen LogP contribution < -0.4 is 4.90 Å². The lowest BCUT2D eigenvalue weighted by atomic mass is 10.2. The number of carbonyl (C=O) groups excluding carboxylic acids is 1. The summed E-state index contributed by atoms with van der Waals surface area (Å²) in [6, 6.07) is 15.3. The number of para-hydroxylation sites is 1. The van der Waals surface area contributed by atoms with Gasteiger partial charge < -0.3 is 5.11 Å². The summed E-state index contributed by atoms with van der Waals surface area (Å²) in [6.07, 6.45) is -0.888. The molecule has 0 aliphatic carbocycles. The first-order valence-electron chi connectivity index (χ1n) is 7.24. The van der Waals surface area contributed by atoms with Crippen molar-refractivity contribution in [3.8, 4) is 0 Å². The molecule has 1 aliphatic rings. The first-order chi connectivity index (χ1) is 11.6. The van der Waals surface area contributed by atoms with Crippen LogP contribution in [0.2, 0.25) is 0 Å². The molecule has 24 heavy (non-hydrogen) atoms. The summed E-state index contributed by atoms with van der Waals surface area (Å²) in [5.74, 6) is -0.919. The molecule has 1 atom stereocenters. The summed E-state index contributed by atoms with van der Waals surface area (Å²) in [7, 11) is 0. The Morgan fingerprint density at radius 2 is 1.92 bits per heavy atom. The van der Waals surface area contributed by atoms with Crippen LogP contribution in [0.3, 0.4) is 0 Å². The Balaban J connectivity index is 1.89. The molecule has 1 N–H and O–H groups in total. The van der Waals surface area contributed by atoms with Crippen LogP contribution in [-0.2, 0) is 4.79 Å². The van der Waals surface area contributed by atoms with E-state index in [4.69, 9.17) is 5.11 Å². The average molecular weight is 322 g/mol. The smallest absolute Gasteiger partial charge is 0.335 e. The number of nitrogens with zero attached hydrogens (tertiary/aromatic N) is 4. The van der Waals surface area contributed by atoms with Gasteiger partial charge in [0.25, 0.3) is 5.91 Å². The summed E-state index contributed by atoms with van der Waals surface area (Å²) in [4.78, 5) is 28.7. The van der Waals surface area contributed by atoms with Gasteiger partial charge in [-0.05, 0) is 37.3 Å². The van der Waals surface area contributed by atoms with Gasteiger partial charge in [-0.2, -0.15) is 15.2 Å². The highest BCUT2D eigenvalue weighted by Crippen LogP contribution is 2.25. The first-order valence-corrected chi connectivity index (χ1v) is 7.24. The molecule has 3 rings (SSSR count). The Morgan fingerprint density at radius 3 is 2.62 bits per heavy atom. The van der Waals surface area contributed by atoms with Crippen molar-refractivity contribution in [1.82, 2.24) is 0 Å². The van der Waals surface area contributed by atoms with Crippen LogP contribution in [0, 0.1) is 0 Å². The van der Waals surface area contributed by atoms with E-state index < -0.39 is 18.0 Å². The number of hydrogen-bond donors (Lipinski definition) is 1. The molecule has 1 aliphatic heterocycles. The summed E-state index contributed by atoms with van der Waals surface area (Å²) >= 11 is 0. The molecule has 1 heterocycles. The van der Waals surface area contributed by atoms with Gasteiger partial charge in [-0.15, -0.1) is 0 Å². The van der Waals surface area contributed by atoms with E-state index in [-0.39, 0.29) is 5.56 Å². The third-order valence-corrected chi connectivity index (χ3v) is 3.50. The van der Waals surface area contributed by atoms with Crippen molar-refractivity contribution in [3.63, 3.8) is 0 Å². The normalized spacial score (nSPS) is 17.4. The minimum atomic E-state index is -1.05. The maximum atomic E-state index is 12.1. The standard InChI is InChI=1S/C17H14N4O3/c1-11-18-16(22)15(21(11)14-8-3-2-4-9-14)20-19-13-7-5-6-12(10-13)17(23)24/h2-10,15H,1H3,(H,23,24). The van der Waals surface area contributed by atoms with Gasteiger partial charge in [0, 0.05) is 5.69 Å². The summed E-state index contributed by atoms with van der Waals surface area (Å²) in [5.41, 5.74) is 1.25. The number of amides is 1. The molecule has 0 saturated heterocycles. The third kappa shape index (κ3) is 3.05. The fourth-order valence-corrected chi connectivity index (χ4v) is 2.40. The van der Waals surface area contributed by atoms with Crippen molar-refractivity contribution in [3.05, 3.63) is 60.2 Å². The fourth-order valence-electron chi connectivity index (χ4n) is 2.40. The van der Waals surface area contributed by atoms with Gasteiger partial charge in [0.05, 0.1) is 11.3 Å². The van der Waals surface area contributed by atoms with E-state index in [1.165, 1.54) is 12.1 Å². The molecule has 0 radical (unpaired) electrons. The zero-order chi connectivity index (χ0) is 17.1. The molecule has 1 unspecified atom stereocenters. The van der Waals surface area contributed by atoms with E-state index in [1.807, 2.05) is 30.3 Å². The maximum absolute atomic E-state index is 12.1.